The molecular formula is C24H20ClN3O5. The first kappa shape index (κ1) is 22.2. The molecule has 0 spiro atoms. The van der Waals surface area contributed by atoms with Crippen molar-refractivity contribution < 1.29 is 23.5 Å². The van der Waals surface area contributed by atoms with E-state index in [9.17, 15) is 4.79 Å². The number of carbonyl (C=O) groups excluding carboxylic acids is 1. The van der Waals surface area contributed by atoms with Gasteiger partial charge in [-0.25, -0.2) is 0 Å². The van der Waals surface area contributed by atoms with Crippen LogP contribution in [0, 0.1) is 0 Å². The molecule has 8 nitrogen and oxygen atoms in total. The Kier molecular flexibility index (Phi) is 6.46. The number of anilines is 1. The summed E-state index contributed by atoms with van der Waals surface area (Å²) in [7, 11) is 4.58. The van der Waals surface area contributed by atoms with E-state index in [1.807, 2.05) is 0 Å². The third kappa shape index (κ3) is 4.61. The van der Waals surface area contributed by atoms with Crippen molar-refractivity contribution in [3.63, 3.8) is 0 Å². The summed E-state index contributed by atoms with van der Waals surface area (Å²) in [6.45, 7) is 0. The Balaban J connectivity index is 1.67. The van der Waals surface area contributed by atoms with Crippen LogP contribution in [0.1, 0.15) is 10.4 Å². The molecule has 0 bridgehead atoms. The second kappa shape index (κ2) is 9.62. The summed E-state index contributed by atoms with van der Waals surface area (Å²) in [5, 5.41) is 7.50. The maximum Gasteiger partial charge on any atom is 0.259 e. The van der Waals surface area contributed by atoms with Crippen molar-refractivity contribution in [2.45, 2.75) is 0 Å². The smallest absolute Gasteiger partial charge is 0.259 e. The molecule has 0 atom stereocenters. The lowest BCUT2D eigenvalue weighted by molar-refractivity contribution is 0.102. The van der Waals surface area contributed by atoms with Gasteiger partial charge in [0, 0.05) is 16.3 Å². The van der Waals surface area contributed by atoms with Crippen LogP contribution in [0.2, 0.25) is 5.02 Å². The number of rotatable bonds is 7. The highest BCUT2D eigenvalue weighted by molar-refractivity contribution is 6.30. The summed E-state index contributed by atoms with van der Waals surface area (Å²) < 4.78 is 21.6. The molecule has 0 radical (unpaired) electrons. The molecule has 0 saturated carbocycles. The highest BCUT2D eigenvalue weighted by Crippen LogP contribution is 2.41. The fraction of sp³-hybridized carbons (Fsp3) is 0.125. The van der Waals surface area contributed by atoms with Gasteiger partial charge < -0.3 is 24.1 Å². The molecule has 0 aliphatic heterocycles. The van der Waals surface area contributed by atoms with Gasteiger partial charge in [-0.1, -0.05) is 28.9 Å². The number of halogens is 1. The standard InChI is InChI=1S/C24H20ClN3O5/c1-30-19-12-14(13-20(31-2)21(19)32-3)22-27-24(33-28-22)18-7-5-4-6-17(18)23(29)26-16-10-8-15(25)9-11-16/h4-13H,1-3H3,(H,26,29). The number of aromatic nitrogens is 2. The van der Waals surface area contributed by atoms with Crippen molar-refractivity contribution in [1.29, 1.82) is 0 Å². The van der Waals surface area contributed by atoms with Gasteiger partial charge in [-0.3, -0.25) is 4.79 Å². The molecule has 4 rings (SSSR count). The number of methoxy groups -OCH3 is 3. The maximum atomic E-state index is 12.9. The van der Waals surface area contributed by atoms with Crippen molar-refractivity contribution in [3.05, 3.63) is 71.2 Å². The normalized spacial score (nSPS) is 10.5. The molecule has 33 heavy (non-hydrogen) atoms. The molecule has 1 N–H and O–H groups in total. The van der Waals surface area contributed by atoms with E-state index in [1.165, 1.54) is 21.3 Å². The van der Waals surface area contributed by atoms with Gasteiger partial charge >= 0.3 is 0 Å². The molecular weight excluding hydrogens is 446 g/mol. The minimum atomic E-state index is -0.319. The molecule has 1 aromatic heterocycles. The molecule has 4 aromatic rings. The first-order valence-corrected chi connectivity index (χ1v) is 10.2. The van der Waals surface area contributed by atoms with Gasteiger partial charge in [-0.15, -0.1) is 0 Å². The van der Waals surface area contributed by atoms with E-state index in [4.69, 9.17) is 30.3 Å². The molecule has 168 valence electrons. The fourth-order valence-corrected chi connectivity index (χ4v) is 3.39. The minimum absolute atomic E-state index is 0.195. The van der Waals surface area contributed by atoms with Gasteiger partial charge in [0.2, 0.25) is 11.6 Å². The number of amides is 1. The molecule has 0 saturated heterocycles. The highest BCUT2D eigenvalue weighted by Gasteiger charge is 2.20. The number of hydrogen-bond acceptors (Lipinski definition) is 7. The molecule has 0 fully saturated rings. The lowest BCUT2D eigenvalue weighted by Gasteiger charge is -2.12. The van der Waals surface area contributed by atoms with Gasteiger partial charge in [0.05, 0.1) is 32.5 Å². The van der Waals surface area contributed by atoms with Crippen LogP contribution in [0.15, 0.2) is 65.2 Å². The number of nitrogens with zero attached hydrogens (tertiary/aromatic N) is 2. The van der Waals surface area contributed by atoms with E-state index in [0.717, 1.165) is 0 Å². The van der Waals surface area contributed by atoms with E-state index in [2.05, 4.69) is 15.5 Å². The van der Waals surface area contributed by atoms with Crippen LogP contribution in [0.5, 0.6) is 17.2 Å². The second-order valence-corrected chi connectivity index (χ2v) is 7.28. The van der Waals surface area contributed by atoms with Crippen LogP contribution in [0.25, 0.3) is 22.8 Å². The topological polar surface area (TPSA) is 95.7 Å². The SMILES string of the molecule is COc1cc(-c2noc(-c3ccccc3C(=O)Nc3ccc(Cl)cc3)n2)cc(OC)c1OC. The van der Waals surface area contributed by atoms with Crippen molar-refractivity contribution in [1.82, 2.24) is 10.1 Å². The Bertz CT molecular complexity index is 1260. The lowest BCUT2D eigenvalue weighted by atomic mass is 10.1. The van der Waals surface area contributed by atoms with Crippen LogP contribution in [-0.2, 0) is 0 Å². The van der Waals surface area contributed by atoms with Gasteiger partial charge in [0.25, 0.3) is 11.8 Å². The fourth-order valence-electron chi connectivity index (χ4n) is 3.26. The quantitative estimate of drug-likeness (QED) is 0.393. The Morgan fingerprint density at radius 1 is 0.939 bits per heavy atom. The van der Waals surface area contributed by atoms with Crippen LogP contribution < -0.4 is 19.5 Å². The van der Waals surface area contributed by atoms with E-state index < -0.39 is 0 Å². The Morgan fingerprint density at radius 2 is 1.61 bits per heavy atom. The molecule has 1 heterocycles. The third-order valence-electron chi connectivity index (χ3n) is 4.85. The first-order valence-electron chi connectivity index (χ1n) is 9.84. The van der Waals surface area contributed by atoms with Gasteiger partial charge in [-0.2, -0.15) is 4.98 Å². The number of ether oxygens (including phenoxy) is 3. The summed E-state index contributed by atoms with van der Waals surface area (Å²) in [6, 6.07) is 17.2. The number of hydrogen-bond donors (Lipinski definition) is 1. The monoisotopic (exact) mass is 465 g/mol. The second-order valence-electron chi connectivity index (χ2n) is 6.84. The average molecular weight is 466 g/mol. The van der Waals surface area contributed by atoms with Gasteiger partial charge in [-0.05, 0) is 48.5 Å². The van der Waals surface area contributed by atoms with E-state index >= 15 is 0 Å². The van der Waals surface area contributed by atoms with Crippen LogP contribution >= 0.6 is 11.6 Å². The zero-order chi connectivity index (χ0) is 23.4. The molecule has 1 amide bonds. The summed E-state index contributed by atoms with van der Waals surface area (Å²) in [6.07, 6.45) is 0. The largest absolute Gasteiger partial charge is 0.493 e. The van der Waals surface area contributed by atoms with Crippen molar-refractivity contribution >= 4 is 23.2 Å². The van der Waals surface area contributed by atoms with Gasteiger partial charge in [0.15, 0.2) is 11.5 Å². The van der Waals surface area contributed by atoms with E-state index in [1.54, 1.807) is 60.7 Å². The third-order valence-corrected chi connectivity index (χ3v) is 5.11. The Labute approximate surface area is 195 Å². The predicted molar refractivity (Wildman–Crippen MR) is 124 cm³/mol. The molecule has 0 unspecified atom stereocenters. The predicted octanol–water partition coefficient (Wildman–Crippen LogP) is 5.34. The van der Waals surface area contributed by atoms with Crippen molar-refractivity contribution in [2.24, 2.45) is 0 Å². The zero-order valence-electron chi connectivity index (χ0n) is 18.1. The average Bonchev–Trinajstić information content (AvgIpc) is 3.34. The summed E-state index contributed by atoms with van der Waals surface area (Å²) in [5.74, 6) is 1.55. The maximum absolute atomic E-state index is 12.9. The molecule has 0 aliphatic carbocycles. The Morgan fingerprint density at radius 3 is 2.24 bits per heavy atom. The highest BCUT2D eigenvalue weighted by atomic mass is 35.5. The summed E-state index contributed by atoms with van der Waals surface area (Å²) >= 11 is 5.92. The minimum Gasteiger partial charge on any atom is -0.493 e. The van der Waals surface area contributed by atoms with Crippen molar-refractivity contribution in [3.8, 4) is 40.1 Å². The lowest BCUT2D eigenvalue weighted by Crippen LogP contribution is -2.13. The molecule has 3 aromatic carbocycles. The molecule has 0 aliphatic rings. The van der Waals surface area contributed by atoms with Crippen LogP contribution in [0.4, 0.5) is 5.69 Å². The summed E-state index contributed by atoms with van der Waals surface area (Å²) in [5.41, 5.74) is 2.09. The van der Waals surface area contributed by atoms with Crippen LogP contribution in [0.3, 0.4) is 0 Å². The summed E-state index contributed by atoms with van der Waals surface area (Å²) in [4.78, 5) is 17.4. The van der Waals surface area contributed by atoms with Gasteiger partial charge in [0.1, 0.15) is 0 Å². The zero-order valence-corrected chi connectivity index (χ0v) is 18.8. The van der Waals surface area contributed by atoms with E-state index in [-0.39, 0.29) is 11.8 Å². The Hall–Kier alpha value is -4.04. The first-order chi connectivity index (χ1) is 16.0. The molecule has 9 heteroatoms. The number of nitrogens with one attached hydrogen (secondary N) is 1. The number of carbonyl (C=O) groups is 1. The van der Waals surface area contributed by atoms with Crippen molar-refractivity contribution in [2.75, 3.05) is 26.6 Å². The van der Waals surface area contributed by atoms with Crippen LogP contribution in [-0.4, -0.2) is 37.4 Å². The van der Waals surface area contributed by atoms with E-state index in [0.29, 0.717) is 50.5 Å². The number of benzene rings is 3.